The van der Waals surface area contributed by atoms with E-state index in [9.17, 15) is 9.59 Å². The molecule has 2 aromatic carbocycles. The molecular formula is C23H27N3O2S. The summed E-state index contributed by atoms with van der Waals surface area (Å²) < 4.78 is 1.68. The molecule has 1 saturated heterocycles. The second kappa shape index (κ2) is 8.19. The second-order valence-electron chi connectivity index (χ2n) is 8.19. The van der Waals surface area contributed by atoms with Gasteiger partial charge in [0.1, 0.15) is 0 Å². The van der Waals surface area contributed by atoms with Crippen LogP contribution in [0, 0.1) is 11.8 Å². The lowest BCUT2D eigenvalue weighted by atomic mass is 9.92. The highest BCUT2D eigenvalue weighted by Crippen LogP contribution is 2.25. The van der Waals surface area contributed by atoms with Crippen LogP contribution in [0.5, 0.6) is 0 Å². The minimum atomic E-state index is -0.0431. The van der Waals surface area contributed by atoms with E-state index in [1.165, 1.54) is 18.2 Å². The number of rotatable bonds is 4. The number of hydrogen-bond donors (Lipinski definition) is 0. The first-order chi connectivity index (χ1) is 14.0. The molecule has 1 aliphatic heterocycles. The summed E-state index contributed by atoms with van der Waals surface area (Å²) in [6.45, 7) is 8.52. The van der Waals surface area contributed by atoms with Crippen LogP contribution in [0.1, 0.15) is 27.2 Å². The van der Waals surface area contributed by atoms with Gasteiger partial charge in [0.15, 0.2) is 5.16 Å². The molecule has 2 heterocycles. The summed E-state index contributed by atoms with van der Waals surface area (Å²) in [6, 6.07) is 11.9. The summed E-state index contributed by atoms with van der Waals surface area (Å²) in [5.74, 6) is 1.51. The van der Waals surface area contributed by atoms with Gasteiger partial charge in [0.05, 0.1) is 16.7 Å². The largest absolute Gasteiger partial charge is 0.341 e. The van der Waals surface area contributed by atoms with Crippen molar-refractivity contribution in [1.82, 2.24) is 14.5 Å². The Bertz CT molecular complexity index is 1110. The molecule has 0 unspecified atom stereocenters. The molecule has 152 valence electrons. The first kappa shape index (κ1) is 20.0. The summed E-state index contributed by atoms with van der Waals surface area (Å²) in [7, 11) is 0. The van der Waals surface area contributed by atoms with Crippen molar-refractivity contribution >= 4 is 39.3 Å². The number of nitrogens with zero attached hydrogens (tertiary/aromatic N) is 3. The molecule has 1 amide bonds. The molecule has 0 N–H and O–H groups in total. The van der Waals surface area contributed by atoms with E-state index in [0.717, 1.165) is 23.9 Å². The molecule has 3 aromatic rings. The number of hydrogen-bond acceptors (Lipinski definition) is 4. The zero-order valence-corrected chi connectivity index (χ0v) is 18.0. The monoisotopic (exact) mass is 409 g/mol. The lowest BCUT2D eigenvalue weighted by molar-refractivity contribution is -0.130. The number of thioether (sulfide) groups is 1. The Morgan fingerprint density at radius 1 is 1.14 bits per heavy atom. The fraction of sp³-hybridized carbons (Fsp3) is 0.435. The van der Waals surface area contributed by atoms with Crippen LogP contribution in [0.15, 0.2) is 46.3 Å². The second-order valence-corrected chi connectivity index (χ2v) is 9.14. The fourth-order valence-electron chi connectivity index (χ4n) is 4.36. The van der Waals surface area contributed by atoms with E-state index in [1.807, 2.05) is 48.2 Å². The van der Waals surface area contributed by atoms with Gasteiger partial charge in [0, 0.05) is 19.6 Å². The minimum Gasteiger partial charge on any atom is -0.341 e. The van der Waals surface area contributed by atoms with E-state index in [2.05, 4.69) is 13.8 Å². The Hall–Kier alpha value is -2.34. The quantitative estimate of drug-likeness (QED) is 0.369. The smallest absolute Gasteiger partial charge is 0.262 e. The third kappa shape index (κ3) is 4.04. The molecular weight excluding hydrogens is 382 g/mol. The maximum atomic E-state index is 13.1. The molecule has 1 fully saturated rings. The van der Waals surface area contributed by atoms with Gasteiger partial charge in [-0.2, -0.15) is 0 Å². The summed E-state index contributed by atoms with van der Waals surface area (Å²) in [5, 5.41) is 3.33. The Morgan fingerprint density at radius 3 is 2.45 bits per heavy atom. The van der Waals surface area contributed by atoms with Crippen molar-refractivity contribution in [2.24, 2.45) is 11.8 Å². The van der Waals surface area contributed by atoms with Crippen LogP contribution in [0.4, 0.5) is 0 Å². The maximum absolute atomic E-state index is 13.1. The Kier molecular flexibility index (Phi) is 5.63. The predicted octanol–water partition coefficient (Wildman–Crippen LogP) is 4.17. The van der Waals surface area contributed by atoms with Gasteiger partial charge in [-0.05, 0) is 48.1 Å². The Balaban J connectivity index is 1.63. The van der Waals surface area contributed by atoms with E-state index >= 15 is 0 Å². The molecule has 29 heavy (non-hydrogen) atoms. The van der Waals surface area contributed by atoms with Crippen molar-refractivity contribution in [3.8, 4) is 0 Å². The number of aromatic nitrogens is 2. The molecule has 0 bridgehead atoms. The van der Waals surface area contributed by atoms with Crippen LogP contribution in [0.3, 0.4) is 0 Å². The number of fused-ring (bicyclic) bond motifs is 2. The van der Waals surface area contributed by atoms with Crippen molar-refractivity contribution < 1.29 is 4.79 Å². The van der Waals surface area contributed by atoms with Crippen molar-refractivity contribution in [1.29, 1.82) is 0 Å². The van der Waals surface area contributed by atoms with Gasteiger partial charge >= 0.3 is 0 Å². The molecule has 0 saturated carbocycles. The normalized spacial score (nSPS) is 19.8. The van der Waals surface area contributed by atoms with Gasteiger partial charge in [0.2, 0.25) is 5.91 Å². The van der Waals surface area contributed by atoms with Crippen LogP contribution >= 0.6 is 11.8 Å². The van der Waals surface area contributed by atoms with Crippen LogP contribution < -0.4 is 5.56 Å². The molecule has 0 aliphatic carbocycles. The summed E-state index contributed by atoms with van der Waals surface area (Å²) >= 11 is 1.37. The van der Waals surface area contributed by atoms with E-state index < -0.39 is 0 Å². The SMILES string of the molecule is CCn1c(SCC(=O)N2C[C@@H](C)C[C@H](C)C2)nc2cc3ccccc3cc2c1=O. The van der Waals surface area contributed by atoms with E-state index in [4.69, 9.17) is 4.98 Å². The summed E-state index contributed by atoms with van der Waals surface area (Å²) in [4.78, 5) is 32.6. The summed E-state index contributed by atoms with van der Waals surface area (Å²) in [6.07, 6.45) is 1.17. The average Bonchev–Trinajstić information content (AvgIpc) is 2.70. The van der Waals surface area contributed by atoms with Crippen molar-refractivity contribution in [3.05, 3.63) is 46.8 Å². The van der Waals surface area contributed by atoms with Crippen LogP contribution in [-0.2, 0) is 11.3 Å². The zero-order chi connectivity index (χ0) is 20.5. The first-order valence-electron chi connectivity index (χ1n) is 10.3. The average molecular weight is 410 g/mol. The Morgan fingerprint density at radius 2 is 1.79 bits per heavy atom. The maximum Gasteiger partial charge on any atom is 0.262 e. The first-order valence-corrected chi connectivity index (χ1v) is 11.3. The zero-order valence-electron chi connectivity index (χ0n) is 17.2. The van der Waals surface area contributed by atoms with Crippen LogP contribution in [0.2, 0.25) is 0 Å². The highest BCUT2D eigenvalue weighted by atomic mass is 32.2. The molecule has 5 nitrogen and oxygen atoms in total. The minimum absolute atomic E-state index is 0.0431. The third-order valence-corrected chi connectivity index (χ3v) is 6.61. The van der Waals surface area contributed by atoms with E-state index in [1.54, 1.807) is 4.57 Å². The van der Waals surface area contributed by atoms with Crippen LogP contribution in [-0.4, -0.2) is 39.2 Å². The molecule has 1 aromatic heterocycles. The van der Waals surface area contributed by atoms with Crippen LogP contribution in [0.25, 0.3) is 21.7 Å². The molecule has 0 radical (unpaired) electrons. The molecule has 1 aliphatic rings. The van der Waals surface area contributed by atoms with Crippen molar-refractivity contribution in [2.75, 3.05) is 18.8 Å². The highest BCUT2D eigenvalue weighted by Gasteiger charge is 2.25. The topological polar surface area (TPSA) is 55.2 Å². The van der Waals surface area contributed by atoms with Crippen molar-refractivity contribution in [2.45, 2.75) is 38.9 Å². The lowest BCUT2D eigenvalue weighted by Crippen LogP contribution is -2.43. The van der Waals surface area contributed by atoms with Gasteiger partial charge in [-0.1, -0.05) is 49.9 Å². The Labute approximate surface area is 175 Å². The van der Waals surface area contributed by atoms with E-state index in [0.29, 0.717) is 40.2 Å². The molecule has 2 atom stereocenters. The fourth-order valence-corrected chi connectivity index (χ4v) is 5.33. The number of benzene rings is 2. The van der Waals surface area contributed by atoms with E-state index in [-0.39, 0.29) is 11.5 Å². The molecule has 4 rings (SSSR count). The molecule has 6 heteroatoms. The standard InChI is InChI=1S/C23H27N3O2S/c1-4-26-22(28)19-10-17-7-5-6-8-18(17)11-20(19)24-23(26)29-14-21(27)25-12-15(2)9-16(3)13-25/h5-8,10-11,15-16H,4,9,12-14H2,1-3H3/t15-,16-/m0/s1. The predicted molar refractivity (Wildman–Crippen MR) is 119 cm³/mol. The van der Waals surface area contributed by atoms with Gasteiger partial charge < -0.3 is 4.90 Å². The lowest BCUT2D eigenvalue weighted by Gasteiger charge is -2.35. The van der Waals surface area contributed by atoms with Crippen molar-refractivity contribution in [3.63, 3.8) is 0 Å². The van der Waals surface area contributed by atoms with Gasteiger partial charge in [-0.15, -0.1) is 0 Å². The van der Waals surface area contributed by atoms with Gasteiger partial charge in [-0.25, -0.2) is 4.98 Å². The third-order valence-electron chi connectivity index (χ3n) is 5.65. The number of carbonyl (C=O) groups excluding carboxylic acids is 1. The number of likely N-dealkylation sites (tertiary alicyclic amines) is 1. The number of carbonyl (C=O) groups is 1. The molecule has 0 spiro atoms. The van der Waals surface area contributed by atoms with Gasteiger partial charge in [-0.3, -0.25) is 14.2 Å². The highest BCUT2D eigenvalue weighted by molar-refractivity contribution is 7.99. The number of piperidine rings is 1. The summed E-state index contributed by atoms with van der Waals surface area (Å²) in [5.41, 5.74) is 0.645. The number of amides is 1. The van der Waals surface area contributed by atoms with Gasteiger partial charge in [0.25, 0.3) is 5.56 Å².